The lowest BCUT2D eigenvalue weighted by Crippen LogP contribution is -2.42. The van der Waals surface area contributed by atoms with Crippen molar-refractivity contribution < 1.29 is 9.59 Å². The van der Waals surface area contributed by atoms with Gasteiger partial charge in [0.15, 0.2) is 5.69 Å². The molecule has 2 aliphatic rings. The molecule has 8 nitrogen and oxygen atoms in total. The van der Waals surface area contributed by atoms with Crippen LogP contribution in [0.25, 0.3) is 5.69 Å². The normalized spacial score (nSPS) is 16.6. The van der Waals surface area contributed by atoms with E-state index in [9.17, 15) is 9.59 Å². The Labute approximate surface area is 183 Å². The zero-order valence-corrected chi connectivity index (χ0v) is 18.5. The summed E-state index contributed by atoms with van der Waals surface area (Å²) in [6.07, 6.45) is 6.94. The fraction of sp³-hybridized carbons (Fsp3) is 0.565. The molecule has 2 aromatic rings. The summed E-state index contributed by atoms with van der Waals surface area (Å²) in [5, 5.41) is 14.4. The first-order valence-corrected chi connectivity index (χ1v) is 11.4. The average Bonchev–Trinajstić information content (AvgIpc) is 3.18. The minimum absolute atomic E-state index is 0.0348. The van der Waals surface area contributed by atoms with Crippen molar-refractivity contribution in [2.45, 2.75) is 58.9 Å². The zero-order valence-electron chi connectivity index (χ0n) is 18.5. The van der Waals surface area contributed by atoms with Gasteiger partial charge >= 0.3 is 6.03 Å². The van der Waals surface area contributed by atoms with Crippen molar-refractivity contribution in [3.63, 3.8) is 0 Å². The number of benzene rings is 1. The molecule has 31 heavy (non-hydrogen) atoms. The van der Waals surface area contributed by atoms with E-state index in [0.717, 1.165) is 28.9 Å². The molecular formula is C23H32N6O2. The highest BCUT2D eigenvalue weighted by Gasteiger charge is 2.25. The molecule has 0 bridgehead atoms. The summed E-state index contributed by atoms with van der Waals surface area (Å²) in [6, 6.07) is 5.99. The molecule has 0 radical (unpaired) electrons. The van der Waals surface area contributed by atoms with Crippen LogP contribution in [0.1, 0.15) is 66.3 Å². The topological polar surface area (TPSA) is 92.2 Å². The number of amides is 3. The lowest BCUT2D eigenvalue weighted by atomic mass is 9.89. The third-order valence-corrected chi connectivity index (χ3v) is 6.47. The van der Waals surface area contributed by atoms with Gasteiger partial charge in [0.1, 0.15) is 0 Å². The second-order valence-electron chi connectivity index (χ2n) is 8.57. The molecule has 166 valence electrons. The molecule has 3 amide bonds. The SMILES string of the molecule is CCNC(=O)N1CCc2c(cccc2-n2nnc(C(=O)NCC3CCCCC3)c2C)C1. The van der Waals surface area contributed by atoms with Crippen LogP contribution < -0.4 is 10.6 Å². The number of hydrogen-bond acceptors (Lipinski definition) is 4. The van der Waals surface area contributed by atoms with Gasteiger partial charge in [-0.1, -0.05) is 36.6 Å². The highest BCUT2D eigenvalue weighted by molar-refractivity contribution is 5.93. The lowest BCUT2D eigenvalue weighted by molar-refractivity contribution is 0.0938. The van der Waals surface area contributed by atoms with Crippen molar-refractivity contribution in [1.82, 2.24) is 30.5 Å². The molecule has 1 aliphatic heterocycles. The summed E-state index contributed by atoms with van der Waals surface area (Å²) in [7, 11) is 0. The number of rotatable bonds is 5. The van der Waals surface area contributed by atoms with Crippen molar-refractivity contribution in [3.05, 3.63) is 40.7 Å². The van der Waals surface area contributed by atoms with Crippen LogP contribution in [0, 0.1) is 12.8 Å². The van der Waals surface area contributed by atoms with Gasteiger partial charge in [-0.3, -0.25) is 4.79 Å². The third-order valence-electron chi connectivity index (χ3n) is 6.47. The molecule has 1 saturated carbocycles. The molecule has 1 aromatic carbocycles. The molecule has 8 heteroatoms. The zero-order chi connectivity index (χ0) is 21.8. The largest absolute Gasteiger partial charge is 0.350 e. The van der Waals surface area contributed by atoms with E-state index < -0.39 is 0 Å². The fourth-order valence-electron chi connectivity index (χ4n) is 4.70. The summed E-state index contributed by atoms with van der Waals surface area (Å²) in [4.78, 5) is 26.8. The van der Waals surface area contributed by atoms with Gasteiger partial charge in [-0.15, -0.1) is 5.10 Å². The van der Waals surface area contributed by atoms with E-state index in [2.05, 4.69) is 20.9 Å². The van der Waals surface area contributed by atoms with E-state index >= 15 is 0 Å². The fourth-order valence-corrected chi connectivity index (χ4v) is 4.70. The lowest BCUT2D eigenvalue weighted by Gasteiger charge is -2.30. The molecule has 1 aromatic heterocycles. The Morgan fingerprint density at radius 1 is 1.16 bits per heavy atom. The van der Waals surface area contributed by atoms with E-state index in [1.807, 2.05) is 36.9 Å². The maximum absolute atomic E-state index is 12.7. The van der Waals surface area contributed by atoms with Gasteiger partial charge in [0.2, 0.25) is 0 Å². The molecule has 0 saturated heterocycles. The van der Waals surface area contributed by atoms with Crippen molar-refractivity contribution in [2.75, 3.05) is 19.6 Å². The Hall–Kier alpha value is -2.90. The standard InChI is InChI=1S/C23H32N6O2/c1-3-24-23(31)28-13-12-19-18(15-28)10-7-11-20(19)29-16(2)21(26-27-29)22(30)25-14-17-8-5-4-6-9-17/h7,10-11,17H,3-6,8-9,12-15H2,1-2H3,(H,24,31)(H,25,30). The highest BCUT2D eigenvalue weighted by Crippen LogP contribution is 2.26. The molecule has 0 spiro atoms. The second-order valence-corrected chi connectivity index (χ2v) is 8.57. The van der Waals surface area contributed by atoms with Gasteiger partial charge in [0.05, 0.1) is 11.4 Å². The number of nitrogens with zero attached hydrogens (tertiary/aromatic N) is 4. The van der Waals surface area contributed by atoms with E-state index in [1.165, 1.54) is 32.1 Å². The van der Waals surface area contributed by atoms with E-state index in [-0.39, 0.29) is 11.9 Å². The van der Waals surface area contributed by atoms with E-state index in [1.54, 1.807) is 4.68 Å². The van der Waals surface area contributed by atoms with Gasteiger partial charge in [0, 0.05) is 26.2 Å². The first kappa shape index (κ1) is 21.3. The second kappa shape index (κ2) is 9.49. The number of hydrogen-bond donors (Lipinski definition) is 2. The molecule has 1 fully saturated rings. The Balaban J connectivity index is 1.50. The van der Waals surface area contributed by atoms with Crippen LogP contribution in [0.4, 0.5) is 4.79 Å². The van der Waals surface area contributed by atoms with Crippen molar-refractivity contribution in [3.8, 4) is 5.69 Å². The van der Waals surface area contributed by atoms with Gasteiger partial charge in [-0.25, -0.2) is 9.48 Å². The maximum atomic E-state index is 12.7. The van der Waals surface area contributed by atoms with Crippen LogP contribution in [0.3, 0.4) is 0 Å². The monoisotopic (exact) mass is 424 g/mol. The predicted molar refractivity (Wildman–Crippen MR) is 118 cm³/mol. The smallest absolute Gasteiger partial charge is 0.317 e. The molecular weight excluding hydrogens is 392 g/mol. The molecule has 0 unspecified atom stereocenters. The first-order valence-electron chi connectivity index (χ1n) is 11.4. The first-order chi connectivity index (χ1) is 15.1. The van der Waals surface area contributed by atoms with E-state index in [0.29, 0.717) is 37.8 Å². The molecule has 4 rings (SSSR count). The van der Waals surface area contributed by atoms with Crippen molar-refractivity contribution in [2.24, 2.45) is 5.92 Å². The summed E-state index contributed by atoms with van der Waals surface area (Å²) in [5.74, 6) is 0.420. The summed E-state index contributed by atoms with van der Waals surface area (Å²) in [5.41, 5.74) is 4.32. The number of nitrogens with one attached hydrogen (secondary N) is 2. The van der Waals surface area contributed by atoms with Crippen LogP contribution in [0.5, 0.6) is 0 Å². The predicted octanol–water partition coefficient (Wildman–Crippen LogP) is 2.97. The van der Waals surface area contributed by atoms with E-state index in [4.69, 9.17) is 0 Å². The number of carbonyl (C=O) groups is 2. The molecule has 1 aliphatic carbocycles. The quantitative estimate of drug-likeness (QED) is 0.772. The van der Waals surface area contributed by atoms with Gasteiger partial charge in [-0.05, 0) is 56.2 Å². The van der Waals surface area contributed by atoms with Gasteiger partial charge in [0.25, 0.3) is 5.91 Å². The number of fused-ring (bicyclic) bond motifs is 1. The Kier molecular flexibility index (Phi) is 6.53. The maximum Gasteiger partial charge on any atom is 0.317 e. The van der Waals surface area contributed by atoms with Crippen LogP contribution >= 0.6 is 0 Å². The third kappa shape index (κ3) is 4.57. The minimum atomic E-state index is -0.151. The number of carbonyl (C=O) groups excluding carboxylic acids is 2. The van der Waals surface area contributed by atoms with Crippen molar-refractivity contribution >= 4 is 11.9 Å². The average molecular weight is 425 g/mol. The summed E-state index contributed by atoms with van der Waals surface area (Å²) in [6.45, 7) is 6.35. The van der Waals surface area contributed by atoms with Crippen molar-refractivity contribution in [1.29, 1.82) is 0 Å². The number of urea groups is 1. The Morgan fingerprint density at radius 3 is 2.74 bits per heavy atom. The van der Waals surface area contributed by atoms with Crippen LogP contribution in [-0.2, 0) is 13.0 Å². The highest BCUT2D eigenvalue weighted by atomic mass is 16.2. The van der Waals surface area contributed by atoms with Crippen LogP contribution in [-0.4, -0.2) is 51.5 Å². The van der Waals surface area contributed by atoms with Crippen LogP contribution in [0.2, 0.25) is 0 Å². The van der Waals surface area contributed by atoms with Gasteiger partial charge < -0.3 is 15.5 Å². The molecule has 2 N–H and O–H groups in total. The number of aromatic nitrogens is 3. The molecule has 0 atom stereocenters. The minimum Gasteiger partial charge on any atom is -0.350 e. The van der Waals surface area contributed by atoms with Gasteiger partial charge in [-0.2, -0.15) is 0 Å². The summed E-state index contributed by atoms with van der Waals surface area (Å²) >= 11 is 0. The molecule has 2 heterocycles. The Morgan fingerprint density at radius 2 is 1.97 bits per heavy atom. The van der Waals surface area contributed by atoms with Crippen LogP contribution in [0.15, 0.2) is 18.2 Å². The Bertz CT molecular complexity index is 948. The summed E-state index contributed by atoms with van der Waals surface area (Å²) < 4.78 is 1.76.